The van der Waals surface area contributed by atoms with Crippen LogP contribution in [0.1, 0.15) is 114 Å². The van der Waals surface area contributed by atoms with Gasteiger partial charge in [0.05, 0.1) is 46.9 Å². The lowest BCUT2D eigenvalue weighted by molar-refractivity contribution is 0.0674. The standard InChI is InChI=1S/C24H28N2O3S.C13H14BrNO.C13H15NO.C9H9N/c1-19-7-12-23(21-5-3-2-4-6-21)30(27,28)26(19)17-20-8-10-22(11-9-20)24(18-25)13-15-29-16-14-24;14-9-11-1-3-12(4-2-11)13(10-15)5-7-16-8-6-13;1-11-2-4-12(5-3-11)13(10-14)6-8-15-9-7-13;1-8-2-4-9(5-3-8)6-7-10/h2-6,8-11,19,23H,7,12-17H2,1H3;1-4H,5-9H2;2-5H,6-9H2,1H3;2-5H,6H2,1H3/t19-,23+;;;/m0.../s1. The van der Waals surface area contributed by atoms with Crippen LogP contribution in [0, 0.1) is 59.2 Å². The van der Waals surface area contributed by atoms with Gasteiger partial charge in [-0.15, -0.1) is 0 Å². The van der Waals surface area contributed by atoms with E-state index in [-0.39, 0.29) is 16.9 Å². The number of nitriles is 4. The van der Waals surface area contributed by atoms with Crippen molar-refractivity contribution < 1.29 is 22.6 Å². The van der Waals surface area contributed by atoms with Gasteiger partial charge in [-0.1, -0.05) is 154 Å². The van der Waals surface area contributed by atoms with Gasteiger partial charge < -0.3 is 14.2 Å². The number of aryl methyl sites for hydroxylation is 2. The molecular formula is C59H66BrN5O5S. The summed E-state index contributed by atoms with van der Waals surface area (Å²) in [7, 11) is -3.45. The number of sulfonamides is 1. The van der Waals surface area contributed by atoms with E-state index in [2.05, 4.69) is 95.7 Å². The molecule has 4 saturated heterocycles. The van der Waals surface area contributed by atoms with Crippen LogP contribution in [-0.4, -0.2) is 58.4 Å². The molecule has 4 heterocycles. The first-order valence-corrected chi connectivity index (χ1v) is 27.3. The number of rotatable bonds is 8. The van der Waals surface area contributed by atoms with Crippen molar-refractivity contribution in [1.82, 2.24) is 4.31 Å². The Bertz CT molecular complexity index is 2720. The first-order chi connectivity index (χ1) is 34.4. The van der Waals surface area contributed by atoms with Gasteiger partial charge in [-0.05, 0) is 111 Å². The number of alkyl halides is 1. The van der Waals surface area contributed by atoms with E-state index >= 15 is 0 Å². The van der Waals surface area contributed by atoms with Gasteiger partial charge in [0.15, 0.2) is 0 Å². The molecule has 0 unspecified atom stereocenters. The molecule has 5 aromatic rings. The molecule has 4 fully saturated rings. The van der Waals surface area contributed by atoms with Crippen LogP contribution in [0.4, 0.5) is 0 Å². The Kier molecular flexibility index (Phi) is 20.1. The molecule has 0 bridgehead atoms. The molecule has 0 radical (unpaired) electrons. The largest absolute Gasteiger partial charge is 0.381 e. The lowest BCUT2D eigenvalue weighted by atomic mass is 9.75. The van der Waals surface area contributed by atoms with E-state index in [4.69, 9.17) is 19.5 Å². The van der Waals surface area contributed by atoms with Gasteiger partial charge >= 0.3 is 0 Å². The van der Waals surface area contributed by atoms with E-state index in [1.54, 1.807) is 4.31 Å². The minimum Gasteiger partial charge on any atom is -0.381 e. The number of benzene rings is 5. The summed E-state index contributed by atoms with van der Waals surface area (Å²) in [6.45, 7) is 10.4. The van der Waals surface area contributed by atoms with Crippen LogP contribution in [0.2, 0.25) is 0 Å². The molecule has 12 heteroatoms. The van der Waals surface area contributed by atoms with E-state index in [0.717, 1.165) is 70.8 Å². The number of hydrogen-bond acceptors (Lipinski definition) is 9. The molecule has 5 aromatic carbocycles. The Balaban J connectivity index is 0.000000170. The van der Waals surface area contributed by atoms with E-state index in [9.17, 15) is 24.2 Å². The number of hydrogen-bond donors (Lipinski definition) is 0. The van der Waals surface area contributed by atoms with Gasteiger partial charge in [0.25, 0.3) is 0 Å². The summed E-state index contributed by atoms with van der Waals surface area (Å²) < 4.78 is 44.6. The molecule has 0 aliphatic carbocycles. The predicted molar refractivity (Wildman–Crippen MR) is 282 cm³/mol. The highest BCUT2D eigenvalue weighted by Crippen LogP contribution is 2.40. The van der Waals surface area contributed by atoms with Crippen molar-refractivity contribution in [1.29, 1.82) is 21.0 Å². The molecule has 2 atom stereocenters. The monoisotopic (exact) mass is 1040 g/mol. The highest BCUT2D eigenvalue weighted by atomic mass is 79.9. The maximum Gasteiger partial charge on any atom is 0.221 e. The highest BCUT2D eigenvalue weighted by molar-refractivity contribution is 9.08. The van der Waals surface area contributed by atoms with Crippen molar-refractivity contribution in [3.05, 3.63) is 177 Å². The third-order valence-electron chi connectivity index (χ3n) is 14.4. The summed E-state index contributed by atoms with van der Waals surface area (Å²) in [5.41, 5.74) is 8.73. The second-order valence-electron chi connectivity index (χ2n) is 19.0. The zero-order valence-corrected chi connectivity index (χ0v) is 43.8. The van der Waals surface area contributed by atoms with E-state index in [0.29, 0.717) is 71.9 Å². The molecule has 0 amide bonds. The molecule has 0 aromatic heterocycles. The summed E-state index contributed by atoms with van der Waals surface area (Å²) >= 11 is 3.42. The van der Waals surface area contributed by atoms with E-state index < -0.39 is 20.7 Å². The quantitative estimate of drug-likeness (QED) is 0.138. The minimum absolute atomic E-state index is 0.0319. The molecule has 4 aliphatic rings. The first-order valence-electron chi connectivity index (χ1n) is 24.6. The van der Waals surface area contributed by atoms with Gasteiger partial charge in [0, 0.05) is 57.6 Å². The SMILES string of the molecule is C[C@H]1CC[C@H](c2ccccc2)S(=O)(=O)N1Cc1ccc(C2(C#N)CCOCC2)cc1.Cc1ccc(C2(C#N)CCOCC2)cc1.Cc1ccc(CC#N)cc1.N#CC1(c2ccc(CBr)cc2)CCOCC1. The Morgan fingerprint density at radius 3 is 1.32 bits per heavy atom. The van der Waals surface area contributed by atoms with Gasteiger partial charge in [0.2, 0.25) is 10.0 Å². The van der Waals surface area contributed by atoms with Crippen LogP contribution in [0.15, 0.2) is 127 Å². The third kappa shape index (κ3) is 14.1. The first kappa shape index (κ1) is 54.7. The fraction of sp³-hybridized carbons (Fsp3) is 0.424. The Morgan fingerprint density at radius 1 is 0.549 bits per heavy atom. The topological polar surface area (TPSA) is 160 Å². The van der Waals surface area contributed by atoms with Crippen LogP contribution < -0.4 is 0 Å². The second-order valence-corrected chi connectivity index (χ2v) is 21.7. The average molecular weight is 1040 g/mol. The molecule has 0 saturated carbocycles. The minimum atomic E-state index is -3.45. The number of nitrogens with zero attached hydrogens (tertiary/aromatic N) is 5. The summed E-state index contributed by atoms with van der Waals surface area (Å²) in [5, 5.41) is 37.2. The molecule has 4 aliphatic heterocycles. The lowest BCUT2D eigenvalue weighted by Gasteiger charge is -2.37. The van der Waals surface area contributed by atoms with Crippen molar-refractivity contribution in [2.75, 3.05) is 39.6 Å². The van der Waals surface area contributed by atoms with Gasteiger partial charge in [-0.25, -0.2) is 8.42 Å². The zero-order chi connectivity index (χ0) is 50.7. The van der Waals surface area contributed by atoms with Crippen molar-refractivity contribution in [2.24, 2.45) is 0 Å². The predicted octanol–water partition coefficient (Wildman–Crippen LogP) is 12.1. The number of ether oxygens (including phenoxy) is 3. The van der Waals surface area contributed by atoms with Gasteiger partial charge in [-0.3, -0.25) is 0 Å². The third-order valence-corrected chi connectivity index (χ3v) is 17.4. The fourth-order valence-electron chi connectivity index (χ4n) is 9.60. The summed E-state index contributed by atoms with van der Waals surface area (Å²) in [5.74, 6) is 0. The smallest absolute Gasteiger partial charge is 0.221 e. The molecule has 370 valence electrons. The van der Waals surface area contributed by atoms with Crippen LogP contribution in [-0.2, 0) is 58.8 Å². The van der Waals surface area contributed by atoms with Gasteiger partial charge in [0.1, 0.15) is 5.25 Å². The Hall–Kier alpha value is -5.67. The van der Waals surface area contributed by atoms with Crippen molar-refractivity contribution >= 4 is 26.0 Å². The lowest BCUT2D eigenvalue weighted by Crippen LogP contribution is -2.44. The normalized spacial score (nSPS) is 20.6. The average Bonchev–Trinajstić information content (AvgIpc) is 3.42. The van der Waals surface area contributed by atoms with Crippen LogP contribution in [0.5, 0.6) is 0 Å². The Labute approximate surface area is 431 Å². The molecule has 71 heavy (non-hydrogen) atoms. The van der Waals surface area contributed by atoms with Crippen molar-refractivity contribution in [3.8, 4) is 24.3 Å². The second kappa shape index (κ2) is 26.1. The van der Waals surface area contributed by atoms with E-state index in [1.807, 2.05) is 92.7 Å². The maximum absolute atomic E-state index is 13.4. The molecular weight excluding hydrogens is 971 g/mol. The molecule has 0 spiro atoms. The number of halogens is 1. The van der Waals surface area contributed by atoms with Crippen molar-refractivity contribution in [3.63, 3.8) is 0 Å². The summed E-state index contributed by atoms with van der Waals surface area (Å²) in [4.78, 5) is 0. The highest BCUT2D eigenvalue weighted by Gasteiger charge is 2.41. The van der Waals surface area contributed by atoms with Crippen LogP contribution in [0.3, 0.4) is 0 Å². The molecule has 10 nitrogen and oxygen atoms in total. The van der Waals surface area contributed by atoms with Crippen LogP contribution >= 0.6 is 15.9 Å². The zero-order valence-electron chi connectivity index (χ0n) is 41.4. The summed E-state index contributed by atoms with van der Waals surface area (Å²) in [6.07, 6.45) is 6.62. The maximum atomic E-state index is 13.4. The molecule has 0 N–H and O–H groups in total. The van der Waals surface area contributed by atoms with Gasteiger partial charge in [-0.2, -0.15) is 25.4 Å². The fourth-order valence-corrected chi connectivity index (χ4v) is 12.2. The molecule has 9 rings (SSSR count). The van der Waals surface area contributed by atoms with Crippen LogP contribution in [0.25, 0.3) is 0 Å². The Morgan fingerprint density at radius 2 is 0.930 bits per heavy atom. The summed E-state index contributed by atoms with van der Waals surface area (Å²) in [6, 6.07) is 51.6. The van der Waals surface area contributed by atoms with E-state index in [1.165, 1.54) is 16.7 Å². The van der Waals surface area contributed by atoms with Crippen molar-refractivity contribution in [2.45, 2.75) is 118 Å².